The summed E-state index contributed by atoms with van der Waals surface area (Å²) in [5, 5.41) is 0. The van der Waals surface area contributed by atoms with Gasteiger partial charge in [0.2, 0.25) is 12.1 Å². The summed E-state index contributed by atoms with van der Waals surface area (Å²) in [4.78, 5) is 38.0. The van der Waals surface area contributed by atoms with Crippen molar-refractivity contribution in [3.05, 3.63) is 58.4 Å². The summed E-state index contributed by atoms with van der Waals surface area (Å²) in [5.74, 6) is -1.30. The highest BCUT2D eigenvalue weighted by Crippen LogP contribution is 2.34. The molecule has 4 N–H and O–H groups in total. The van der Waals surface area contributed by atoms with Crippen LogP contribution in [0.25, 0.3) is 0 Å². The molecule has 0 amide bonds. The van der Waals surface area contributed by atoms with Crippen LogP contribution in [-0.2, 0) is 14.3 Å². The van der Waals surface area contributed by atoms with Crippen molar-refractivity contribution in [2.45, 2.75) is 18.8 Å². The second kappa shape index (κ2) is 6.72. The van der Waals surface area contributed by atoms with E-state index in [0.717, 1.165) is 0 Å². The first-order chi connectivity index (χ1) is 12.0. The molecule has 0 bridgehead atoms. The van der Waals surface area contributed by atoms with Crippen LogP contribution in [0.15, 0.2) is 47.2 Å². The number of ether oxygens (including phenoxy) is 2. The molecule has 3 rings (SSSR count). The van der Waals surface area contributed by atoms with Gasteiger partial charge in [0.05, 0.1) is 11.6 Å². The van der Waals surface area contributed by atoms with Crippen LogP contribution in [0.2, 0.25) is 0 Å². The summed E-state index contributed by atoms with van der Waals surface area (Å²) in [6, 6.07) is 5.66. The van der Waals surface area contributed by atoms with E-state index >= 15 is 0 Å². The molecule has 0 radical (unpaired) electrons. The van der Waals surface area contributed by atoms with Gasteiger partial charge >= 0.3 is 0 Å². The summed E-state index contributed by atoms with van der Waals surface area (Å²) >= 11 is 0. The number of hydrogen-bond acceptors (Lipinski definition) is 7. The van der Waals surface area contributed by atoms with Crippen molar-refractivity contribution in [1.29, 1.82) is 0 Å². The van der Waals surface area contributed by atoms with Crippen LogP contribution in [0.4, 0.5) is 0 Å². The molecule has 0 saturated carbocycles. The zero-order chi connectivity index (χ0) is 18.1. The molecular weight excluding hydrogens is 324 g/mol. The van der Waals surface area contributed by atoms with Crippen LogP contribution in [0, 0.1) is 0 Å². The molecule has 2 aliphatic rings. The van der Waals surface area contributed by atoms with Crippen molar-refractivity contribution < 1.29 is 23.9 Å². The smallest absolute Gasteiger partial charge is 0.231 e. The Morgan fingerprint density at radius 3 is 2.48 bits per heavy atom. The number of fused-ring (bicyclic) bond motifs is 1. The Hall–Kier alpha value is -2.61. The SMILES string of the molecule is COC1OC(C(=O)C(N)CCN)=CC2=C1C(=O)c1ccccc1C2=O. The fourth-order valence-electron chi connectivity index (χ4n) is 2.92. The van der Waals surface area contributed by atoms with Gasteiger partial charge in [-0.3, -0.25) is 14.4 Å². The first-order valence-electron chi connectivity index (χ1n) is 7.83. The van der Waals surface area contributed by atoms with Crippen molar-refractivity contribution in [3.63, 3.8) is 0 Å². The largest absolute Gasteiger partial charge is 0.457 e. The van der Waals surface area contributed by atoms with Gasteiger partial charge in [-0.25, -0.2) is 0 Å². The van der Waals surface area contributed by atoms with Crippen LogP contribution in [0.1, 0.15) is 27.1 Å². The van der Waals surface area contributed by atoms with Crippen molar-refractivity contribution in [2.75, 3.05) is 13.7 Å². The lowest BCUT2D eigenvalue weighted by molar-refractivity contribution is -0.127. The third-order valence-corrected chi connectivity index (χ3v) is 4.21. The predicted molar refractivity (Wildman–Crippen MR) is 88.7 cm³/mol. The molecule has 0 aromatic heterocycles. The van der Waals surface area contributed by atoms with Crippen LogP contribution in [-0.4, -0.2) is 43.3 Å². The number of Topliss-reactive ketones (excluding diaryl/α,β-unsaturated/α-hetero) is 3. The summed E-state index contributed by atoms with van der Waals surface area (Å²) in [6.45, 7) is 0.243. The van der Waals surface area contributed by atoms with Crippen molar-refractivity contribution >= 4 is 17.3 Å². The monoisotopic (exact) mass is 342 g/mol. The van der Waals surface area contributed by atoms with Crippen molar-refractivity contribution in [2.24, 2.45) is 11.5 Å². The highest BCUT2D eigenvalue weighted by Gasteiger charge is 2.40. The van der Waals surface area contributed by atoms with E-state index < -0.39 is 18.1 Å². The van der Waals surface area contributed by atoms with Gasteiger partial charge in [0.25, 0.3) is 0 Å². The van der Waals surface area contributed by atoms with Crippen LogP contribution in [0.3, 0.4) is 0 Å². The fraction of sp³-hybridized carbons (Fsp3) is 0.278. The van der Waals surface area contributed by atoms with Crippen LogP contribution in [0.5, 0.6) is 0 Å². The molecule has 7 heteroatoms. The van der Waals surface area contributed by atoms with Crippen LogP contribution < -0.4 is 11.5 Å². The molecule has 1 heterocycles. The Labute approximate surface area is 144 Å². The Morgan fingerprint density at radius 2 is 1.88 bits per heavy atom. The second-order valence-electron chi connectivity index (χ2n) is 5.77. The standard InChI is InChI=1S/C18H18N2O5/c1-24-18-14-11(8-13(25-18)17(23)12(20)6-7-19)15(21)9-4-2-3-5-10(9)16(14)22/h2-5,8,12,18H,6-7,19-20H2,1H3. The molecule has 0 fully saturated rings. The maximum Gasteiger partial charge on any atom is 0.231 e. The molecule has 7 nitrogen and oxygen atoms in total. The van der Waals surface area contributed by atoms with E-state index in [0.29, 0.717) is 5.56 Å². The lowest BCUT2D eigenvalue weighted by Gasteiger charge is -2.30. The quantitative estimate of drug-likeness (QED) is 0.798. The molecule has 130 valence electrons. The number of methoxy groups -OCH3 is 1. The normalized spacial score (nSPS) is 20.4. The molecular formula is C18H18N2O5. The minimum Gasteiger partial charge on any atom is -0.457 e. The molecule has 1 aromatic carbocycles. The number of ketones is 3. The molecule has 2 atom stereocenters. The molecule has 2 unspecified atom stereocenters. The first kappa shape index (κ1) is 17.2. The van der Waals surface area contributed by atoms with E-state index in [1.165, 1.54) is 13.2 Å². The van der Waals surface area contributed by atoms with Gasteiger partial charge in [0.1, 0.15) is 0 Å². The maximum absolute atomic E-state index is 12.8. The van der Waals surface area contributed by atoms with E-state index in [-0.39, 0.29) is 47.0 Å². The molecule has 1 aliphatic carbocycles. The van der Waals surface area contributed by atoms with E-state index in [1.54, 1.807) is 24.3 Å². The van der Waals surface area contributed by atoms with E-state index in [2.05, 4.69) is 0 Å². The Balaban J connectivity index is 2.08. The molecule has 0 saturated heterocycles. The van der Waals surface area contributed by atoms with Crippen LogP contribution >= 0.6 is 0 Å². The zero-order valence-electron chi connectivity index (χ0n) is 13.7. The Bertz CT molecular complexity index is 825. The summed E-state index contributed by atoms with van der Waals surface area (Å²) < 4.78 is 10.7. The van der Waals surface area contributed by atoms with Gasteiger partial charge in [-0.2, -0.15) is 0 Å². The van der Waals surface area contributed by atoms with Crippen molar-refractivity contribution in [1.82, 2.24) is 0 Å². The highest BCUT2D eigenvalue weighted by atomic mass is 16.7. The third-order valence-electron chi connectivity index (χ3n) is 4.21. The number of hydrogen-bond donors (Lipinski definition) is 2. The van der Waals surface area contributed by atoms with Gasteiger partial charge in [-0.1, -0.05) is 24.3 Å². The number of allylic oxidation sites excluding steroid dienone is 2. The van der Waals surface area contributed by atoms with E-state index in [9.17, 15) is 14.4 Å². The second-order valence-corrected chi connectivity index (χ2v) is 5.77. The predicted octanol–water partition coefficient (Wildman–Crippen LogP) is 0.494. The molecule has 0 spiro atoms. The number of rotatable bonds is 5. The van der Waals surface area contributed by atoms with Crippen molar-refractivity contribution in [3.8, 4) is 0 Å². The molecule has 25 heavy (non-hydrogen) atoms. The van der Waals surface area contributed by atoms with Gasteiger partial charge in [-0.15, -0.1) is 0 Å². The van der Waals surface area contributed by atoms with Gasteiger partial charge in [-0.05, 0) is 19.0 Å². The average molecular weight is 342 g/mol. The third kappa shape index (κ3) is 2.82. The van der Waals surface area contributed by atoms with Gasteiger partial charge in [0.15, 0.2) is 17.3 Å². The highest BCUT2D eigenvalue weighted by molar-refractivity contribution is 6.28. The first-order valence-corrected chi connectivity index (χ1v) is 7.83. The number of carbonyl (C=O) groups is 3. The van der Waals surface area contributed by atoms with Gasteiger partial charge < -0.3 is 20.9 Å². The van der Waals surface area contributed by atoms with E-state index in [4.69, 9.17) is 20.9 Å². The summed E-state index contributed by atoms with van der Waals surface area (Å²) in [6.07, 6.45) is 0.410. The summed E-state index contributed by atoms with van der Waals surface area (Å²) in [7, 11) is 1.33. The lowest BCUT2D eigenvalue weighted by atomic mass is 9.82. The Morgan fingerprint density at radius 1 is 1.24 bits per heavy atom. The maximum atomic E-state index is 12.8. The fourth-order valence-corrected chi connectivity index (χ4v) is 2.92. The minimum absolute atomic E-state index is 0.0927. The molecule has 1 aromatic rings. The summed E-state index contributed by atoms with van der Waals surface area (Å²) in [5.41, 5.74) is 12.0. The zero-order valence-corrected chi connectivity index (χ0v) is 13.7. The topological polar surface area (TPSA) is 122 Å². The lowest BCUT2D eigenvalue weighted by Crippen LogP contribution is -2.39. The minimum atomic E-state index is -1.14. The number of benzene rings is 1. The number of carbonyl (C=O) groups excluding carboxylic acids is 3. The average Bonchev–Trinajstić information content (AvgIpc) is 2.64. The number of nitrogens with two attached hydrogens (primary N) is 2. The Kier molecular flexibility index (Phi) is 4.63. The molecule has 1 aliphatic heterocycles. The van der Waals surface area contributed by atoms with Gasteiger partial charge in [0, 0.05) is 23.8 Å². The van der Waals surface area contributed by atoms with E-state index in [1.807, 2.05) is 0 Å².